The van der Waals surface area contributed by atoms with E-state index in [1.165, 1.54) is 29.4 Å². The monoisotopic (exact) mass is 317 g/mol. The number of amides is 1. The number of rotatable bonds is 7. The van der Waals surface area contributed by atoms with Crippen LogP contribution in [0.4, 0.5) is 0 Å². The molecule has 0 atom stereocenters. The first kappa shape index (κ1) is 15.3. The Morgan fingerprint density at radius 3 is 2.91 bits per heavy atom. The standard InChI is InChI=1S/C15H19N5O3/c1-19-9-11(15(22)23)13(18-19)14(21)16-6-2-8-20-12(5-7-17-20)10-3-4-10/h5,7,9-10H,2-4,6,8H2,1H3,(H,16,21)(H,22,23). The lowest BCUT2D eigenvalue weighted by Gasteiger charge is -2.07. The summed E-state index contributed by atoms with van der Waals surface area (Å²) in [6.07, 6.45) is 6.30. The van der Waals surface area contributed by atoms with Gasteiger partial charge < -0.3 is 10.4 Å². The molecule has 1 fully saturated rings. The Bertz CT molecular complexity index is 729. The Kier molecular flexibility index (Phi) is 4.14. The van der Waals surface area contributed by atoms with Crippen molar-refractivity contribution in [2.24, 2.45) is 7.05 Å². The van der Waals surface area contributed by atoms with Crippen LogP contribution in [0.2, 0.25) is 0 Å². The van der Waals surface area contributed by atoms with Crippen LogP contribution >= 0.6 is 0 Å². The van der Waals surface area contributed by atoms with Crippen LogP contribution in [0.25, 0.3) is 0 Å². The third-order valence-electron chi connectivity index (χ3n) is 3.85. The maximum Gasteiger partial charge on any atom is 0.339 e. The number of aromatic nitrogens is 4. The van der Waals surface area contributed by atoms with Gasteiger partial charge >= 0.3 is 5.97 Å². The van der Waals surface area contributed by atoms with Gasteiger partial charge in [0.25, 0.3) is 5.91 Å². The molecule has 1 amide bonds. The molecule has 2 aromatic heterocycles. The first-order chi connectivity index (χ1) is 11.1. The van der Waals surface area contributed by atoms with Crippen molar-refractivity contribution in [1.29, 1.82) is 0 Å². The van der Waals surface area contributed by atoms with Crippen molar-refractivity contribution in [3.63, 3.8) is 0 Å². The molecule has 2 N–H and O–H groups in total. The van der Waals surface area contributed by atoms with Gasteiger partial charge in [0.15, 0.2) is 5.69 Å². The Labute approximate surface area is 133 Å². The molecule has 0 unspecified atom stereocenters. The molecule has 0 saturated heterocycles. The first-order valence-electron chi connectivity index (χ1n) is 7.63. The lowest BCUT2D eigenvalue weighted by Crippen LogP contribution is -2.27. The Morgan fingerprint density at radius 2 is 2.22 bits per heavy atom. The normalized spacial score (nSPS) is 14.0. The number of aromatic carboxylic acids is 1. The minimum atomic E-state index is -1.16. The number of hydrogen-bond donors (Lipinski definition) is 2. The molecule has 0 spiro atoms. The van der Waals surface area contributed by atoms with Crippen molar-refractivity contribution in [3.8, 4) is 0 Å². The molecule has 8 heteroatoms. The second-order valence-electron chi connectivity index (χ2n) is 5.73. The summed E-state index contributed by atoms with van der Waals surface area (Å²) in [4.78, 5) is 23.1. The molecule has 3 rings (SSSR count). The SMILES string of the molecule is Cn1cc(C(=O)O)c(C(=O)NCCCn2nccc2C2CC2)n1. The lowest BCUT2D eigenvalue weighted by atomic mass is 10.2. The minimum Gasteiger partial charge on any atom is -0.478 e. The van der Waals surface area contributed by atoms with E-state index in [-0.39, 0.29) is 11.3 Å². The Morgan fingerprint density at radius 1 is 1.43 bits per heavy atom. The number of aryl methyl sites for hydroxylation is 2. The van der Waals surface area contributed by atoms with E-state index in [9.17, 15) is 9.59 Å². The second kappa shape index (κ2) is 6.23. The van der Waals surface area contributed by atoms with Gasteiger partial charge in [-0.05, 0) is 25.3 Å². The van der Waals surface area contributed by atoms with Crippen LogP contribution in [0.5, 0.6) is 0 Å². The molecule has 0 aliphatic heterocycles. The van der Waals surface area contributed by atoms with Crippen molar-refractivity contribution in [2.75, 3.05) is 6.54 Å². The maximum atomic E-state index is 12.1. The summed E-state index contributed by atoms with van der Waals surface area (Å²) in [6.45, 7) is 1.17. The van der Waals surface area contributed by atoms with Crippen molar-refractivity contribution >= 4 is 11.9 Å². The maximum absolute atomic E-state index is 12.1. The topological polar surface area (TPSA) is 102 Å². The van der Waals surface area contributed by atoms with Gasteiger partial charge in [0.05, 0.1) is 0 Å². The summed E-state index contributed by atoms with van der Waals surface area (Å²) < 4.78 is 3.30. The van der Waals surface area contributed by atoms with Crippen LogP contribution in [-0.4, -0.2) is 43.1 Å². The largest absolute Gasteiger partial charge is 0.478 e. The average molecular weight is 317 g/mol. The van der Waals surface area contributed by atoms with E-state index < -0.39 is 11.9 Å². The van der Waals surface area contributed by atoms with E-state index in [0.717, 1.165) is 13.0 Å². The van der Waals surface area contributed by atoms with Crippen LogP contribution < -0.4 is 5.32 Å². The number of carbonyl (C=O) groups is 2. The molecular weight excluding hydrogens is 298 g/mol. The minimum absolute atomic E-state index is 0.0576. The molecule has 23 heavy (non-hydrogen) atoms. The number of hydrogen-bond acceptors (Lipinski definition) is 4. The summed E-state index contributed by atoms with van der Waals surface area (Å²) in [7, 11) is 1.58. The van der Waals surface area contributed by atoms with Gasteiger partial charge in [-0.2, -0.15) is 10.2 Å². The van der Waals surface area contributed by atoms with Gasteiger partial charge in [0.2, 0.25) is 0 Å². The molecule has 1 saturated carbocycles. The highest BCUT2D eigenvalue weighted by molar-refractivity contribution is 6.03. The van der Waals surface area contributed by atoms with E-state index in [4.69, 9.17) is 5.11 Å². The van der Waals surface area contributed by atoms with Crippen molar-refractivity contribution in [3.05, 3.63) is 35.4 Å². The van der Waals surface area contributed by atoms with Crippen LogP contribution in [-0.2, 0) is 13.6 Å². The molecule has 8 nitrogen and oxygen atoms in total. The van der Waals surface area contributed by atoms with Crippen LogP contribution in [0.15, 0.2) is 18.5 Å². The number of carbonyl (C=O) groups excluding carboxylic acids is 1. The third kappa shape index (κ3) is 3.41. The number of carboxylic acid groups (broad SMARTS) is 1. The van der Waals surface area contributed by atoms with Gasteiger partial charge in [-0.15, -0.1) is 0 Å². The highest BCUT2D eigenvalue weighted by Gasteiger charge is 2.26. The van der Waals surface area contributed by atoms with E-state index >= 15 is 0 Å². The molecule has 2 aromatic rings. The lowest BCUT2D eigenvalue weighted by molar-refractivity contribution is 0.0691. The smallest absolute Gasteiger partial charge is 0.339 e. The summed E-state index contributed by atoms with van der Waals surface area (Å²) in [5.41, 5.74) is 1.11. The van der Waals surface area contributed by atoms with Gasteiger partial charge in [-0.1, -0.05) is 0 Å². The molecule has 0 radical (unpaired) electrons. The quantitative estimate of drug-likeness (QED) is 0.742. The second-order valence-corrected chi connectivity index (χ2v) is 5.73. The van der Waals surface area contributed by atoms with Crippen LogP contribution in [0, 0.1) is 0 Å². The predicted molar refractivity (Wildman–Crippen MR) is 81.3 cm³/mol. The van der Waals surface area contributed by atoms with E-state index in [2.05, 4.69) is 15.5 Å². The van der Waals surface area contributed by atoms with Gasteiger partial charge in [-0.25, -0.2) is 4.79 Å². The zero-order chi connectivity index (χ0) is 16.4. The third-order valence-corrected chi connectivity index (χ3v) is 3.85. The highest BCUT2D eigenvalue weighted by atomic mass is 16.4. The van der Waals surface area contributed by atoms with E-state index in [1.807, 2.05) is 10.7 Å². The molecule has 122 valence electrons. The molecular formula is C15H19N5O3. The fraction of sp³-hybridized carbons (Fsp3) is 0.467. The van der Waals surface area contributed by atoms with Gasteiger partial charge in [0, 0.05) is 44.1 Å². The number of nitrogens with one attached hydrogen (secondary N) is 1. The predicted octanol–water partition coefficient (Wildman–Crippen LogP) is 1.01. The summed E-state index contributed by atoms with van der Waals surface area (Å²) in [5, 5.41) is 20.0. The Balaban J connectivity index is 1.51. The summed E-state index contributed by atoms with van der Waals surface area (Å²) in [6, 6.07) is 2.04. The summed E-state index contributed by atoms with van der Waals surface area (Å²) >= 11 is 0. The van der Waals surface area contributed by atoms with Gasteiger partial charge in [0.1, 0.15) is 5.56 Å². The molecule has 1 aliphatic carbocycles. The van der Waals surface area contributed by atoms with Crippen LogP contribution in [0.3, 0.4) is 0 Å². The van der Waals surface area contributed by atoms with E-state index in [1.54, 1.807) is 13.2 Å². The number of nitrogens with zero attached hydrogens (tertiary/aromatic N) is 4. The fourth-order valence-corrected chi connectivity index (χ4v) is 2.58. The fourth-order valence-electron chi connectivity index (χ4n) is 2.58. The van der Waals surface area contributed by atoms with Gasteiger partial charge in [-0.3, -0.25) is 14.2 Å². The highest BCUT2D eigenvalue weighted by Crippen LogP contribution is 2.39. The van der Waals surface area contributed by atoms with Crippen molar-refractivity contribution in [1.82, 2.24) is 24.9 Å². The molecule has 1 aliphatic rings. The Hall–Kier alpha value is -2.64. The zero-order valence-corrected chi connectivity index (χ0v) is 12.9. The van der Waals surface area contributed by atoms with Crippen LogP contribution in [0.1, 0.15) is 51.7 Å². The zero-order valence-electron chi connectivity index (χ0n) is 12.9. The molecule has 0 aromatic carbocycles. The average Bonchev–Trinajstić information content (AvgIpc) is 3.11. The van der Waals surface area contributed by atoms with Crippen molar-refractivity contribution in [2.45, 2.75) is 31.7 Å². The summed E-state index contributed by atoms with van der Waals surface area (Å²) in [5.74, 6) is -0.988. The van der Waals surface area contributed by atoms with Crippen molar-refractivity contribution < 1.29 is 14.7 Å². The molecule has 2 heterocycles. The van der Waals surface area contributed by atoms with E-state index in [0.29, 0.717) is 12.5 Å². The molecule has 0 bridgehead atoms. The number of carboxylic acids is 1. The first-order valence-corrected chi connectivity index (χ1v) is 7.63.